The lowest BCUT2D eigenvalue weighted by Crippen LogP contribution is -2.16. The fourth-order valence-electron chi connectivity index (χ4n) is 4.73. The average Bonchev–Trinajstić information content (AvgIpc) is 2.82. The number of halogens is 3. The van der Waals surface area contributed by atoms with Crippen LogP contribution in [0.3, 0.4) is 0 Å². The molecule has 2 aromatic rings. The van der Waals surface area contributed by atoms with Crippen molar-refractivity contribution in [1.29, 1.82) is 0 Å². The standard InChI is InChI=1S/C28H33F3O2/c1-3-5-6-8-19-12-13-21-16-22-15-20(11-9-18-10-14-23(7-4-2)32-17-18)24(29)26(31)28(22)33-27(21)25(19)30/h12-15,18H,3-11,16-17H2,1-2H3. The first-order valence-corrected chi connectivity index (χ1v) is 12.3. The number of hydrogen-bond acceptors (Lipinski definition) is 2. The number of ether oxygens (including phenoxy) is 2. The molecule has 0 amide bonds. The molecule has 0 fully saturated rings. The number of rotatable bonds is 9. The van der Waals surface area contributed by atoms with Crippen molar-refractivity contribution in [2.75, 3.05) is 6.61 Å². The molecule has 0 saturated carbocycles. The first-order chi connectivity index (χ1) is 16.0. The van der Waals surface area contributed by atoms with Crippen LogP contribution in [0.5, 0.6) is 11.5 Å². The minimum absolute atomic E-state index is 0.0385. The average molecular weight is 459 g/mol. The number of aryl methyl sites for hydroxylation is 2. The van der Waals surface area contributed by atoms with Crippen LogP contribution in [0, 0.1) is 23.4 Å². The van der Waals surface area contributed by atoms with Crippen LogP contribution in [0.15, 0.2) is 30.0 Å². The number of unbranched alkanes of at least 4 members (excludes halogenated alkanes) is 2. The zero-order chi connectivity index (χ0) is 23.4. The van der Waals surface area contributed by atoms with Gasteiger partial charge >= 0.3 is 0 Å². The lowest BCUT2D eigenvalue weighted by Gasteiger charge is -2.25. The predicted molar refractivity (Wildman–Crippen MR) is 124 cm³/mol. The van der Waals surface area contributed by atoms with E-state index in [0.29, 0.717) is 54.0 Å². The van der Waals surface area contributed by atoms with Gasteiger partial charge in [-0.15, -0.1) is 0 Å². The maximum Gasteiger partial charge on any atom is 0.201 e. The van der Waals surface area contributed by atoms with Crippen molar-refractivity contribution in [3.05, 3.63) is 69.7 Å². The van der Waals surface area contributed by atoms with E-state index in [1.54, 1.807) is 12.1 Å². The third-order valence-electron chi connectivity index (χ3n) is 6.71. The van der Waals surface area contributed by atoms with Crippen LogP contribution in [0.2, 0.25) is 0 Å². The number of fused-ring (bicyclic) bond motifs is 2. The second-order valence-corrected chi connectivity index (χ2v) is 9.29. The molecule has 0 aliphatic carbocycles. The van der Waals surface area contributed by atoms with Gasteiger partial charge in [0.15, 0.2) is 23.1 Å². The summed E-state index contributed by atoms with van der Waals surface area (Å²) in [5, 5.41) is 0. The Morgan fingerprint density at radius 3 is 2.39 bits per heavy atom. The van der Waals surface area contributed by atoms with Crippen LogP contribution < -0.4 is 4.74 Å². The van der Waals surface area contributed by atoms with Crippen molar-refractivity contribution in [3.8, 4) is 11.5 Å². The Balaban J connectivity index is 1.48. The molecule has 1 unspecified atom stereocenters. The van der Waals surface area contributed by atoms with Gasteiger partial charge in [-0.2, -0.15) is 4.39 Å². The van der Waals surface area contributed by atoms with E-state index in [2.05, 4.69) is 19.9 Å². The molecule has 0 radical (unpaired) electrons. The van der Waals surface area contributed by atoms with Crippen molar-refractivity contribution in [1.82, 2.24) is 0 Å². The molecule has 2 aliphatic rings. The van der Waals surface area contributed by atoms with Gasteiger partial charge in [0.05, 0.1) is 12.4 Å². The zero-order valence-corrected chi connectivity index (χ0v) is 19.6. The second kappa shape index (κ2) is 10.7. The Kier molecular flexibility index (Phi) is 7.67. The highest BCUT2D eigenvalue weighted by atomic mass is 19.2. The molecule has 0 N–H and O–H groups in total. The number of allylic oxidation sites excluding steroid dienone is 2. The zero-order valence-electron chi connectivity index (χ0n) is 19.6. The van der Waals surface area contributed by atoms with Gasteiger partial charge in [-0.05, 0) is 67.7 Å². The van der Waals surface area contributed by atoms with Crippen LogP contribution in [0.25, 0.3) is 0 Å². The summed E-state index contributed by atoms with van der Waals surface area (Å²) in [4.78, 5) is 0. The smallest absolute Gasteiger partial charge is 0.201 e. The third-order valence-corrected chi connectivity index (χ3v) is 6.71. The Labute approximate surface area is 194 Å². The van der Waals surface area contributed by atoms with Gasteiger partial charge < -0.3 is 9.47 Å². The Morgan fingerprint density at radius 2 is 1.67 bits per heavy atom. The summed E-state index contributed by atoms with van der Waals surface area (Å²) in [6, 6.07) is 5.33. The lowest BCUT2D eigenvalue weighted by molar-refractivity contribution is 0.134. The minimum Gasteiger partial charge on any atom is -0.498 e. The second-order valence-electron chi connectivity index (χ2n) is 9.29. The van der Waals surface area contributed by atoms with Crippen molar-refractivity contribution >= 4 is 0 Å². The number of hydrogen-bond donors (Lipinski definition) is 0. The van der Waals surface area contributed by atoms with Gasteiger partial charge in [-0.25, -0.2) is 8.78 Å². The van der Waals surface area contributed by atoms with Gasteiger partial charge in [0.1, 0.15) is 0 Å². The van der Waals surface area contributed by atoms with Crippen LogP contribution in [-0.4, -0.2) is 6.61 Å². The molecule has 2 nitrogen and oxygen atoms in total. The quantitative estimate of drug-likeness (QED) is 0.301. The van der Waals surface area contributed by atoms with E-state index in [0.717, 1.165) is 50.7 Å². The Hall–Kier alpha value is -2.43. The van der Waals surface area contributed by atoms with Crippen molar-refractivity contribution < 1.29 is 22.6 Å². The summed E-state index contributed by atoms with van der Waals surface area (Å²) >= 11 is 0. The Bertz CT molecular complexity index is 1030. The van der Waals surface area contributed by atoms with E-state index in [4.69, 9.17) is 9.47 Å². The third kappa shape index (κ3) is 5.23. The molecule has 2 aliphatic heterocycles. The SMILES string of the molecule is CCCCCc1ccc2c(c1F)Oc1c(cc(CCC3CC=C(CCC)OC3)c(F)c1F)C2. The fourth-order valence-corrected chi connectivity index (χ4v) is 4.73. The molecule has 2 aromatic carbocycles. The fraction of sp³-hybridized carbons (Fsp3) is 0.500. The molecule has 0 bridgehead atoms. The normalized spacial score (nSPS) is 17.0. The van der Waals surface area contributed by atoms with Gasteiger partial charge in [0.25, 0.3) is 0 Å². The summed E-state index contributed by atoms with van der Waals surface area (Å²) in [6.07, 6.45) is 10.1. The summed E-state index contributed by atoms with van der Waals surface area (Å²) in [7, 11) is 0. The molecular formula is C28H33F3O2. The predicted octanol–water partition coefficient (Wildman–Crippen LogP) is 8.19. The van der Waals surface area contributed by atoms with Crippen LogP contribution in [0.1, 0.15) is 81.0 Å². The molecule has 4 rings (SSSR count). The van der Waals surface area contributed by atoms with E-state index < -0.39 is 17.5 Å². The number of benzene rings is 2. The van der Waals surface area contributed by atoms with E-state index in [-0.39, 0.29) is 11.5 Å². The highest BCUT2D eigenvalue weighted by Crippen LogP contribution is 2.42. The highest BCUT2D eigenvalue weighted by molar-refractivity contribution is 5.53. The van der Waals surface area contributed by atoms with E-state index in [1.807, 2.05) is 6.07 Å². The van der Waals surface area contributed by atoms with Gasteiger partial charge in [0, 0.05) is 24.0 Å². The Morgan fingerprint density at radius 1 is 0.848 bits per heavy atom. The van der Waals surface area contributed by atoms with Gasteiger partial charge in [0.2, 0.25) is 5.82 Å². The van der Waals surface area contributed by atoms with E-state index in [9.17, 15) is 8.78 Å². The van der Waals surface area contributed by atoms with E-state index in [1.165, 1.54) is 0 Å². The molecule has 2 heterocycles. The van der Waals surface area contributed by atoms with Crippen LogP contribution >= 0.6 is 0 Å². The molecule has 0 saturated heterocycles. The molecular weight excluding hydrogens is 425 g/mol. The summed E-state index contributed by atoms with van der Waals surface area (Å²) in [6.45, 7) is 4.84. The van der Waals surface area contributed by atoms with Crippen LogP contribution in [0.4, 0.5) is 13.2 Å². The first kappa shape index (κ1) is 23.7. The topological polar surface area (TPSA) is 18.5 Å². The molecule has 5 heteroatoms. The summed E-state index contributed by atoms with van der Waals surface area (Å²) in [5.41, 5.74) is 2.15. The lowest BCUT2D eigenvalue weighted by atomic mass is 9.91. The molecule has 0 aromatic heterocycles. The van der Waals surface area contributed by atoms with Gasteiger partial charge in [-0.1, -0.05) is 38.8 Å². The maximum absolute atomic E-state index is 15.0. The van der Waals surface area contributed by atoms with Crippen molar-refractivity contribution in [3.63, 3.8) is 0 Å². The van der Waals surface area contributed by atoms with Gasteiger partial charge in [-0.3, -0.25) is 0 Å². The monoisotopic (exact) mass is 458 g/mol. The highest BCUT2D eigenvalue weighted by Gasteiger charge is 2.28. The summed E-state index contributed by atoms with van der Waals surface area (Å²) in [5.74, 6) is -1.17. The van der Waals surface area contributed by atoms with Crippen molar-refractivity contribution in [2.45, 2.75) is 78.1 Å². The summed E-state index contributed by atoms with van der Waals surface area (Å²) < 4.78 is 56.3. The van der Waals surface area contributed by atoms with Crippen LogP contribution in [-0.2, 0) is 24.0 Å². The molecule has 0 spiro atoms. The molecule has 1 atom stereocenters. The van der Waals surface area contributed by atoms with E-state index >= 15 is 4.39 Å². The first-order valence-electron chi connectivity index (χ1n) is 12.3. The minimum atomic E-state index is -1.02. The molecule has 178 valence electrons. The van der Waals surface area contributed by atoms with Crippen molar-refractivity contribution in [2.24, 2.45) is 5.92 Å². The maximum atomic E-state index is 15.0. The molecule has 33 heavy (non-hydrogen) atoms. The largest absolute Gasteiger partial charge is 0.498 e.